The van der Waals surface area contributed by atoms with E-state index in [1.807, 2.05) is 11.0 Å². The number of likely N-dealkylation sites (tertiary alicyclic amines) is 1. The molecule has 1 heterocycles. The molecule has 1 saturated heterocycles. The predicted octanol–water partition coefficient (Wildman–Crippen LogP) is 7.07. The monoisotopic (exact) mass is 563 g/mol. The van der Waals surface area contributed by atoms with Crippen molar-refractivity contribution >= 4 is 29.1 Å². The summed E-state index contributed by atoms with van der Waals surface area (Å²) in [7, 11) is 1.78. The van der Waals surface area contributed by atoms with Crippen molar-refractivity contribution in [2.45, 2.75) is 31.6 Å². The number of alkyl halides is 3. The maximum atomic E-state index is 14.2. The molecule has 3 aromatic carbocycles. The minimum Gasteiger partial charge on any atom is -0.336 e. The smallest absolute Gasteiger partial charge is 0.336 e. The number of nitriles is 1. The first-order valence-corrected chi connectivity index (χ1v) is 12.5. The van der Waals surface area contributed by atoms with Crippen LogP contribution in [0.25, 0.3) is 0 Å². The number of amides is 1. The molecule has 0 unspecified atom stereocenters. The number of halogens is 6. The summed E-state index contributed by atoms with van der Waals surface area (Å²) in [6.45, 7) is 2.60. The summed E-state index contributed by atoms with van der Waals surface area (Å²) >= 11 is 12.4. The number of hydrogen-bond acceptors (Lipinski definition) is 3. The Bertz CT molecular complexity index is 1420. The lowest BCUT2D eigenvalue weighted by molar-refractivity contribution is -0.140. The van der Waals surface area contributed by atoms with Crippen LogP contribution in [0.5, 0.6) is 0 Å². The van der Waals surface area contributed by atoms with Gasteiger partial charge < -0.3 is 4.90 Å². The summed E-state index contributed by atoms with van der Waals surface area (Å²) in [5.74, 6) is -1.74. The quantitative estimate of drug-likeness (QED) is 0.312. The maximum absolute atomic E-state index is 14.2. The molecule has 2 atom stereocenters. The Morgan fingerprint density at radius 3 is 2.42 bits per heavy atom. The summed E-state index contributed by atoms with van der Waals surface area (Å²) in [4.78, 5) is 17.0. The average molecular weight is 564 g/mol. The number of hydrogen-bond donors (Lipinski definition) is 0. The molecular weight excluding hydrogens is 541 g/mol. The standard InChI is InChI=1S/C28H23Cl2F4N3O/c1-16-9-19(4-5-20(16)12-35)27(38)37-14-21(18-6-8-23(29)24(30)11-18)26(15-37)36(2)13-17-3-7-22(25(31)10-17)28(32,33)34/h3-11,21,26H,13-15H2,1-2H3/t21-,26+/m1/s1. The Morgan fingerprint density at radius 1 is 1.08 bits per heavy atom. The fraction of sp³-hybridized carbons (Fsp3) is 0.286. The van der Waals surface area contributed by atoms with Crippen molar-refractivity contribution in [1.29, 1.82) is 5.26 Å². The summed E-state index contributed by atoms with van der Waals surface area (Å²) in [5, 5.41) is 9.95. The molecule has 0 spiro atoms. The van der Waals surface area contributed by atoms with Crippen molar-refractivity contribution in [1.82, 2.24) is 9.80 Å². The molecule has 1 aliphatic heterocycles. The van der Waals surface area contributed by atoms with E-state index in [1.54, 1.807) is 49.2 Å². The highest BCUT2D eigenvalue weighted by atomic mass is 35.5. The van der Waals surface area contributed by atoms with Gasteiger partial charge in [0.05, 0.1) is 27.2 Å². The molecule has 38 heavy (non-hydrogen) atoms. The number of benzene rings is 3. The number of likely N-dealkylation sites (N-methyl/N-ethyl adjacent to an activating group) is 1. The van der Waals surface area contributed by atoms with Crippen LogP contribution in [0.1, 0.15) is 44.1 Å². The molecule has 3 aromatic rings. The fourth-order valence-electron chi connectivity index (χ4n) is 4.87. The van der Waals surface area contributed by atoms with E-state index in [0.717, 1.165) is 17.7 Å². The molecule has 0 saturated carbocycles. The third-order valence-electron chi connectivity index (χ3n) is 6.88. The molecule has 4 rings (SSSR count). The molecule has 0 bridgehead atoms. The Kier molecular flexibility index (Phi) is 8.03. The van der Waals surface area contributed by atoms with Crippen LogP contribution in [-0.2, 0) is 12.7 Å². The zero-order valence-electron chi connectivity index (χ0n) is 20.5. The first-order valence-electron chi connectivity index (χ1n) is 11.7. The van der Waals surface area contributed by atoms with E-state index in [0.29, 0.717) is 45.4 Å². The molecule has 0 aliphatic carbocycles. The van der Waals surface area contributed by atoms with Gasteiger partial charge in [-0.25, -0.2) is 4.39 Å². The zero-order chi connectivity index (χ0) is 27.8. The van der Waals surface area contributed by atoms with E-state index >= 15 is 0 Å². The molecule has 0 N–H and O–H groups in total. The normalized spacial score (nSPS) is 17.6. The molecule has 0 aromatic heterocycles. The van der Waals surface area contributed by atoms with Crippen molar-refractivity contribution in [3.63, 3.8) is 0 Å². The van der Waals surface area contributed by atoms with Crippen molar-refractivity contribution in [3.8, 4) is 6.07 Å². The largest absolute Gasteiger partial charge is 0.419 e. The van der Waals surface area contributed by atoms with Crippen LogP contribution < -0.4 is 0 Å². The molecule has 198 valence electrons. The molecule has 1 aliphatic rings. The lowest BCUT2D eigenvalue weighted by Gasteiger charge is -2.29. The van der Waals surface area contributed by atoms with Gasteiger partial charge in [-0.2, -0.15) is 18.4 Å². The van der Waals surface area contributed by atoms with Crippen molar-refractivity contribution < 1.29 is 22.4 Å². The third kappa shape index (κ3) is 5.80. The lowest BCUT2D eigenvalue weighted by atomic mass is 9.93. The first-order chi connectivity index (χ1) is 17.9. The molecule has 0 radical (unpaired) electrons. The van der Waals surface area contributed by atoms with Crippen LogP contribution >= 0.6 is 23.2 Å². The number of nitrogens with zero attached hydrogens (tertiary/aromatic N) is 3. The highest BCUT2D eigenvalue weighted by molar-refractivity contribution is 6.42. The second-order valence-electron chi connectivity index (χ2n) is 9.43. The van der Waals surface area contributed by atoms with Gasteiger partial charge >= 0.3 is 6.18 Å². The van der Waals surface area contributed by atoms with Gasteiger partial charge in [0.2, 0.25) is 0 Å². The van der Waals surface area contributed by atoms with Crippen molar-refractivity contribution in [2.24, 2.45) is 0 Å². The van der Waals surface area contributed by atoms with Gasteiger partial charge in [0.25, 0.3) is 5.91 Å². The topological polar surface area (TPSA) is 47.3 Å². The Hall–Kier alpha value is -3.12. The fourth-order valence-corrected chi connectivity index (χ4v) is 5.17. The van der Waals surface area contributed by atoms with Gasteiger partial charge in [-0.05, 0) is 73.1 Å². The summed E-state index contributed by atoms with van der Waals surface area (Å²) < 4.78 is 53.2. The van der Waals surface area contributed by atoms with Gasteiger partial charge in [-0.15, -0.1) is 0 Å². The van der Waals surface area contributed by atoms with E-state index in [9.17, 15) is 27.6 Å². The number of carbonyl (C=O) groups is 1. The summed E-state index contributed by atoms with van der Waals surface area (Å²) in [6.07, 6.45) is -4.77. The molecule has 1 fully saturated rings. The average Bonchev–Trinajstić information content (AvgIpc) is 3.30. The van der Waals surface area contributed by atoms with E-state index in [4.69, 9.17) is 23.2 Å². The van der Waals surface area contributed by atoms with Crippen LogP contribution in [0.3, 0.4) is 0 Å². The van der Waals surface area contributed by atoms with Crippen molar-refractivity contribution in [2.75, 3.05) is 20.1 Å². The van der Waals surface area contributed by atoms with Crippen LogP contribution in [0.2, 0.25) is 10.0 Å². The highest BCUT2D eigenvalue weighted by Gasteiger charge is 2.39. The van der Waals surface area contributed by atoms with Crippen LogP contribution in [0, 0.1) is 24.1 Å². The second-order valence-corrected chi connectivity index (χ2v) is 10.2. The number of carbonyl (C=O) groups excluding carboxylic acids is 1. The first kappa shape index (κ1) is 27.9. The van der Waals surface area contributed by atoms with Gasteiger partial charge in [-0.3, -0.25) is 9.69 Å². The minimum atomic E-state index is -4.77. The third-order valence-corrected chi connectivity index (χ3v) is 7.62. The van der Waals surface area contributed by atoms with Gasteiger partial charge in [-0.1, -0.05) is 35.3 Å². The predicted molar refractivity (Wildman–Crippen MR) is 138 cm³/mol. The Balaban J connectivity index is 1.62. The minimum absolute atomic E-state index is 0.162. The second kappa shape index (κ2) is 10.9. The molecule has 4 nitrogen and oxygen atoms in total. The molecular formula is C28H23Cl2F4N3O. The van der Waals surface area contributed by atoms with Crippen LogP contribution in [-0.4, -0.2) is 41.9 Å². The van der Waals surface area contributed by atoms with Gasteiger partial charge in [0, 0.05) is 37.2 Å². The summed E-state index contributed by atoms with van der Waals surface area (Å²) in [6, 6.07) is 14.9. The van der Waals surface area contributed by atoms with Crippen molar-refractivity contribution in [3.05, 3.63) is 104 Å². The lowest BCUT2D eigenvalue weighted by Crippen LogP contribution is -2.38. The van der Waals surface area contributed by atoms with E-state index in [2.05, 4.69) is 6.07 Å². The van der Waals surface area contributed by atoms with E-state index < -0.39 is 17.6 Å². The zero-order valence-corrected chi connectivity index (χ0v) is 22.0. The maximum Gasteiger partial charge on any atom is 0.419 e. The Labute approximate surface area is 228 Å². The van der Waals surface area contributed by atoms with Gasteiger partial charge in [0.15, 0.2) is 0 Å². The Morgan fingerprint density at radius 2 is 1.82 bits per heavy atom. The van der Waals surface area contributed by atoms with Gasteiger partial charge in [0.1, 0.15) is 5.82 Å². The summed E-state index contributed by atoms with van der Waals surface area (Å²) in [5.41, 5.74) is 1.53. The SMILES string of the molecule is Cc1cc(C(=O)N2C[C@H](c3ccc(Cl)c(Cl)c3)[C@@H](N(C)Cc3ccc(C(F)(F)F)c(F)c3)C2)ccc1C#N. The van der Waals surface area contributed by atoms with Crippen LogP contribution in [0.4, 0.5) is 17.6 Å². The van der Waals surface area contributed by atoms with E-state index in [-0.39, 0.29) is 24.4 Å². The number of rotatable bonds is 5. The number of aryl methyl sites for hydroxylation is 1. The highest BCUT2D eigenvalue weighted by Crippen LogP contribution is 2.36. The molecule has 1 amide bonds. The molecule has 10 heteroatoms. The van der Waals surface area contributed by atoms with Crippen LogP contribution in [0.15, 0.2) is 54.6 Å². The van der Waals surface area contributed by atoms with E-state index in [1.165, 1.54) is 6.07 Å².